The highest BCUT2D eigenvalue weighted by molar-refractivity contribution is 5.73. The van der Waals surface area contributed by atoms with Crippen LogP contribution >= 0.6 is 0 Å². The molecule has 230 valence electrons. The number of halogens is 6. The lowest BCUT2D eigenvalue weighted by molar-refractivity contribution is -0.140. The van der Waals surface area contributed by atoms with Crippen molar-refractivity contribution < 1.29 is 45.8 Å². The standard InChI is InChI=1S/C29H28F6N4O4/c1-43-25(40)15-20-14-21(28(30,31)32)6-2-18(20)5-9-24-23(29(33,34)35)16-36-26(38-24)37-22-7-3-17(4-8-22)19-10-12-39(13-11-19)27(41)42/h2-4,6-8,14,16,19H,5,9-13,15H2,1H3,(H,41,42)(H,36,37,38). The number of benzene rings is 2. The molecule has 1 aromatic heterocycles. The summed E-state index contributed by atoms with van der Waals surface area (Å²) in [5, 5.41) is 12.0. The highest BCUT2D eigenvalue weighted by atomic mass is 19.4. The largest absolute Gasteiger partial charge is 0.469 e. The van der Waals surface area contributed by atoms with Crippen molar-refractivity contribution in [3.05, 3.63) is 82.2 Å². The normalized spacial score (nSPS) is 14.4. The Morgan fingerprint density at radius 2 is 1.65 bits per heavy atom. The number of esters is 1. The van der Waals surface area contributed by atoms with Crippen molar-refractivity contribution in [2.75, 3.05) is 25.5 Å². The Kier molecular flexibility index (Phi) is 9.46. The summed E-state index contributed by atoms with van der Waals surface area (Å²) in [5.41, 5.74) is -0.667. The van der Waals surface area contributed by atoms with Gasteiger partial charge in [-0.15, -0.1) is 0 Å². The third-order valence-corrected chi connectivity index (χ3v) is 7.30. The van der Waals surface area contributed by atoms with E-state index in [0.29, 0.717) is 37.8 Å². The van der Waals surface area contributed by atoms with Crippen LogP contribution in [0.3, 0.4) is 0 Å². The minimum Gasteiger partial charge on any atom is -0.469 e. The highest BCUT2D eigenvalue weighted by Crippen LogP contribution is 2.34. The number of nitrogens with zero attached hydrogens (tertiary/aromatic N) is 3. The fraction of sp³-hybridized carbons (Fsp3) is 0.379. The maximum absolute atomic E-state index is 13.8. The van der Waals surface area contributed by atoms with Crippen molar-refractivity contribution in [2.24, 2.45) is 0 Å². The van der Waals surface area contributed by atoms with Gasteiger partial charge in [0.25, 0.3) is 0 Å². The summed E-state index contributed by atoms with van der Waals surface area (Å²) in [6.45, 7) is 0.859. The molecule has 0 radical (unpaired) electrons. The van der Waals surface area contributed by atoms with Gasteiger partial charge in [0, 0.05) is 25.0 Å². The van der Waals surface area contributed by atoms with Crippen molar-refractivity contribution in [3.8, 4) is 0 Å². The number of aryl methyl sites for hydroxylation is 2. The van der Waals surface area contributed by atoms with E-state index in [1.54, 1.807) is 12.1 Å². The zero-order chi connectivity index (χ0) is 31.4. The molecule has 2 N–H and O–H groups in total. The van der Waals surface area contributed by atoms with Crippen LogP contribution in [-0.2, 0) is 41.1 Å². The number of hydrogen-bond donors (Lipinski definition) is 2. The SMILES string of the molecule is COC(=O)Cc1cc(C(F)(F)F)ccc1CCc1nc(Nc2ccc(C3CCN(C(=O)O)CC3)cc2)ncc1C(F)(F)F. The minimum absolute atomic E-state index is 0.00337. The van der Waals surface area contributed by atoms with Crippen molar-refractivity contribution in [1.29, 1.82) is 0 Å². The lowest BCUT2D eigenvalue weighted by Crippen LogP contribution is -2.36. The smallest absolute Gasteiger partial charge is 0.419 e. The molecule has 0 atom stereocenters. The Morgan fingerprint density at radius 3 is 2.23 bits per heavy atom. The zero-order valence-electron chi connectivity index (χ0n) is 22.9. The number of carbonyl (C=O) groups excluding carboxylic acids is 1. The van der Waals surface area contributed by atoms with Crippen LogP contribution in [0.2, 0.25) is 0 Å². The number of nitrogens with one attached hydrogen (secondary N) is 1. The fourth-order valence-corrected chi connectivity index (χ4v) is 4.97. The van der Waals surface area contributed by atoms with E-state index in [9.17, 15) is 35.9 Å². The van der Waals surface area contributed by atoms with Gasteiger partial charge < -0.3 is 20.1 Å². The average molecular weight is 611 g/mol. The summed E-state index contributed by atoms with van der Waals surface area (Å²) in [7, 11) is 1.08. The summed E-state index contributed by atoms with van der Waals surface area (Å²) in [6.07, 6.45) is -9.30. The molecule has 0 bridgehead atoms. The Bertz CT molecular complexity index is 1450. The van der Waals surface area contributed by atoms with Gasteiger partial charge in [0.2, 0.25) is 5.95 Å². The fourth-order valence-electron chi connectivity index (χ4n) is 4.97. The molecule has 14 heteroatoms. The molecule has 8 nitrogen and oxygen atoms in total. The Balaban J connectivity index is 1.52. The summed E-state index contributed by atoms with van der Waals surface area (Å²) in [4.78, 5) is 32.2. The average Bonchev–Trinajstić information content (AvgIpc) is 2.96. The third-order valence-electron chi connectivity index (χ3n) is 7.30. The summed E-state index contributed by atoms with van der Waals surface area (Å²) >= 11 is 0. The number of alkyl halides is 6. The molecule has 0 saturated carbocycles. The maximum atomic E-state index is 13.8. The molecular weight excluding hydrogens is 582 g/mol. The van der Waals surface area contributed by atoms with Gasteiger partial charge in [-0.2, -0.15) is 26.3 Å². The van der Waals surface area contributed by atoms with Crippen molar-refractivity contribution in [3.63, 3.8) is 0 Å². The van der Waals surface area contributed by atoms with Crippen LogP contribution in [0.25, 0.3) is 0 Å². The van der Waals surface area contributed by atoms with Gasteiger partial charge in [0.1, 0.15) is 0 Å². The van der Waals surface area contributed by atoms with E-state index < -0.39 is 42.0 Å². The first-order valence-corrected chi connectivity index (χ1v) is 13.3. The monoisotopic (exact) mass is 610 g/mol. The lowest BCUT2D eigenvalue weighted by Gasteiger charge is -2.30. The second kappa shape index (κ2) is 12.9. The van der Waals surface area contributed by atoms with E-state index in [-0.39, 0.29) is 41.5 Å². The molecule has 1 fully saturated rings. The van der Waals surface area contributed by atoms with E-state index in [4.69, 9.17) is 5.11 Å². The van der Waals surface area contributed by atoms with E-state index in [2.05, 4.69) is 20.0 Å². The molecule has 1 amide bonds. The summed E-state index contributed by atoms with van der Waals surface area (Å²) in [5.74, 6) is -0.720. The molecule has 1 aliphatic rings. The Hall–Kier alpha value is -4.36. The molecule has 3 aromatic rings. The van der Waals surface area contributed by atoms with Gasteiger partial charge in [-0.05, 0) is 72.6 Å². The minimum atomic E-state index is -4.78. The van der Waals surface area contributed by atoms with E-state index >= 15 is 0 Å². The van der Waals surface area contributed by atoms with Gasteiger partial charge in [-0.1, -0.05) is 18.2 Å². The van der Waals surface area contributed by atoms with Crippen molar-refractivity contribution >= 4 is 23.7 Å². The molecule has 4 rings (SSSR count). The zero-order valence-corrected chi connectivity index (χ0v) is 22.9. The van der Waals surface area contributed by atoms with E-state index in [1.165, 1.54) is 4.90 Å². The number of carboxylic acid groups (broad SMARTS) is 1. The third kappa shape index (κ3) is 8.14. The predicted molar refractivity (Wildman–Crippen MR) is 143 cm³/mol. The van der Waals surface area contributed by atoms with Gasteiger partial charge in [0.15, 0.2) is 0 Å². The summed E-state index contributed by atoms with van der Waals surface area (Å²) < 4.78 is 85.7. The van der Waals surface area contributed by atoms with Crippen LogP contribution in [0.1, 0.15) is 52.3 Å². The molecule has 1 aliphatic heterocycles. The van der Waals surface area contributed by atoms with Crippen LogP contribution in [0, 0.1) is 0 Å². The van der Waals surface area contributed by atoms with Crippen molar-refractivity contribution in [1.82, 2.24) is 14.9 Å². The quantitative estimate of drug-likeness (QED) is 0.218. The first kappa shape index (κ1) is 31.6. The van der Waals surface area contributed by atoms with Crippen LogP contribution < -0.4 is 5.32 Å². The van der Waals surface area contributed by atoms with E-state index in [1.807, 2.05) is 12.1 Å². The molecule has 43 heavy (non-hydrogen) atoms. The van der Waals surface area contributed by atoms with Crippen LogP contribution in [-0.4, -0.2) is 52.2 Å². The predicted octanol–water partition coefficient (Wildman–Crippen LogP) is 6.62. The molecule has 0 aliphatic carbocycles. The second-order valence-corrected chi connectivity index (χ2v) is 10.1. The molecule has 2 heterocycles. The maximum Gasteiger partial charge on any atom is 0.419 e. The topological polar surface area (TPSA) is 105 Å². The van der Waals surface area contributed by atoms with Gasteiger partial charge in [-0.25, -0.2) is 14.8 Å². The van der Waals surface area contributed by atoms with Gasteiger partial charge in [0.05, 0.1) is 30.4 Å². The van der Waals surface area contributed by atoms with E-state index in [0.717, 1.165) is 30.9 Å². The van der Waals surface area contributed by atoms with Gasteiger partial charge >= 0.3 is 24.4 Å². The first-order chi connectivity index (χ1) is 20.2. The first-order valence-electron chi connectivity index (χ1n) is 13.3. The number of amides is 1. The lowest BCUT2D eigenvalue weighted by atomic mass is 9.89. The van der Waals surface area contributed by atoms with Crippen LogP contribution in [0.5, 0.6) is 0 Å². The number of ether oxygens (including phenoxy) is 1. The van der Waals surface area contributed by atoms with Gasteiger partial charge in [-0.3, -0.25) is 4.79 Å². The molecule has 0 unspecified atom stereocenters. The number of likely N-dealkylation sites (tertiary alicyclic amines) is 1. The summed E-state index contributed by atoms with van der Waals surface area (Å²) in [6, 6.07) is 9.89. The number of piperidine rings is 1. The van der Waals surface area contributed by atoms with Crippen LogP contribution in [0.15, 0.2) is 48.7 Å². The highest BCUT2D eigenvalue weighted by Gasteiger charge is 2.35. The Labute approximate surface area is 242 Å². The van der Waals surface area contributed by atoms with Crippen LogP contribution in [0.4, 0.5) is 42.8 Å². The molecular formula is C29H28F6N4O4. The number of methoxy groups -OCH3 is 1. The molecule has 1 saturated heterocycles. The number of rotatable bonds is 8. The number of aromatic nitrogens is 2. The number of anilines is 2. The molecule has 0 spiro atoms. The molecule has 2 aromatic carbocycles. The Morgan fingerprint density at radius 1 is 0.977 bits per heavy atom. The second-order valence-electron chi connectivity index (χ2n) is 10.1. The number of carbonyl (C=O) groups is 2. The van der Waals surface area contributed by atoms with Crippen molar-refractivity contribution in [2.45, 2.75) is 50.4 Å². The number of hydrogen-bond acceptors (Lipinski definition) is 6.